The first-order valence-corrected chi connectivity index (χ1v) is 7.66. The molecular formula is C17H25ClN4O2. The molecule has 0 saturated carbocycles. The number of aryl methyl sites for hydroxylation is 1. The van der Waals surface area contributed by atoms with Crippen LogP contribution in [0.1, 0.15) is 29.4 Å². The minimum absolute atomic E-state index is 0. The number of anilines is 1. The topological polar surface area (TPSA) is 82.2 Å². The molecule has 1 atom stereocenters. The highest BCUT2D eigenvalue weighted by Crippen LogP contribution is 2.21. The molecule has 2 aromatic rings. The summed E-state index contributed by atoms with van der Waals surface area (Å²) in [5.74, 6) is -0.112. The van der Waals surface area contributed by atoms with Crippen molar-refractivity contribution in [2.75, 3.05) is 19.0 Å². The number of carbonyl (C=O) groups excluding carboxylic acids is 1. The zero-order valence-corrected chi connectivity index (χ0v) is 15.1. The van der Waals surface area contributed by atoms with Crippen molar-refractivity contribution in [3.63, 3.8) is 0 Å². The molecule has 2 rings (SSSR count). The largest absolute Gasteiger partial charge is 0.383 e. The SMILES string of the molecule is COCCn1nc(C)c(NC(=O)CC(N)c2ccccc2)c1C.Cl. The molecule has 0 aliphatic carbocycles. The van der Waals surface area contributed by atoms with Crippen LogP contribution in [0.4, 0.5) is 5.69 Å². The average molecular weight is 353 g/mol. The van der Waals surface area contributed by atoms with Gasteiger partial charge in [-0.15, -0.1) is 12.4 Å². The Morgan fingerprint density at radius 2 is 2.00 bits per heavy atom. The van der Waals surface area contributed by atoms with Crippen molar-refractivity contribution in [3.05, 3.63) is 47.3 Å². The molecule has 1 aromatic carbocycles. The van der Waals surface area contributed by atoms with Gasteiger partial charge in [0.15, 0.2) is 0 Å². The van der Waals surface area contributed by atoms with Crippen LogP contribution in [-0.4, -0.2) is 29.4 Å². The fourth-order valence-electron chi connectivity index (χ4n) is 2.48. The fourth-order valence-corrected chi connectivity index (χ4v) is 2.48. The number of aromatic nitrogens is 2. The van der Waals surface area contributed by atoms with Crippen LogP contribution in [0, 0.1) is 13.8 Å². The minimum Gasteiger partial charge on any atom is -0.383 e. The second kappa shape index (κ2) is 9.42. The molecule has 1 heterocycles. The van der Waals surface area contributed by atoms with Gasteiger partial charge in [-0.2, -0.15) is 5.10 Å². The number of ether oxygens (including phenoxy) is 1. The van der Waals surface area contributed by atoms with Crippen molar-refractivity contribution < 1.29 is 9.53 Å². The van der Waals surface area contributed by atoms with Crippen LogP contribution in [0.2, 0.25) is 0 Å². The Morgan fingerprint density at radius 1 is 1.33 bits per heavy atom. The van der Waals surface area contributed by atoms with Gasteiger partial charge in [0, 0.05) is 19.6 Å². The number of benzene rings is 1. The van der Waals surface area contributed by atoms with E-state index in [1.807, 2.05) is 48.9 Å². The van der Waals surface area contributed by atoms with E-state index in [0.717, 1.165) is 22.6 Å². The van der Waals surface area contributed by atoms with E-state index in [1.54, 1.807) is 7.11 Å². The number of hydrogen-bond donors (Lipinski definition) is 2. The van der Waals surface area contributed by atoms with Crippen molar-refractivity contribution in [3.8, 4) is 0 Å². The monoisotopic (exact) mass is 352 g/mol. The average Bonchev–Trinajstić information content (AvgIpc) is 2.81. The summed E-state index contributed by atoms with van der Waals surface area (Å²) >= 11 is 0. The van der Waals surface area contributed by atoms with E-state index in [4.69, 9.17) is 10.5 Å². The number of methoxy groups -OCH3 is 1. The molecular weight excluding hydrogens is 328 g/mol. The zero-order valence-electron chi connectivity index (χ0n) is 14.3. The molecule has 0 aliphatic rings. The normalized spacial score (nSPS) is 11.7. The quantitative estimate of drug-likeness (QED) is 0.802. The van der Waals surface area contributed by atoms with Crippen LogP contribution in [0.25, 0.3) is 0 Å². The van der Waals surface area contributed by atoms with Crippen molar-refractivity contribution in [1.82, 2.24) is 9.78 Å². The van der Waals surface area contributed by atoms with E-state index in [1.165, 1.54) is 0 Å². The Hall–Kier alpha value is -1.89. The maximum Gasteiger partial charge on any atom is 0.226 e. The van der Waals surface area contributed by atoms with E-state index >= 15 is 0 Å². The number of nitrogens with one attached hydrogen (secondary N) is 1. The van der Waals surface area contributed by atoms with Gasteiger partial charge in [0.2, 0.25) is 5.91 Å². The van der Waals surface area contributed by atoms with Gasteiger partial charge in [-0.25, -0.2) is 0 Å². The first kappa shape index (κ1) is 20.2. The Balaban J connectivity index is 0.00000288. The molecule has 7 heteroatoms. The van der Waals surface area contributed by atoms with Gasteiger partial charge in [-0.1, -0.05) is 30.3 Å². The van der Waals surface area contributed by atoms with E-state index in [0.29, 0.717) is 13.2 Å². The molecule has 0 saturated heterocycles. The maximum absolute atomic E-state index is 12.3. The number of nitrogens with zero attached hydrogens (tertiary/aromatic N) is 2. The van der Waals surface area contributed by atoms with E-state index in [-0.39, 0.29) is 30.8 Å². The number of halogens is 1. The second-order valence-electron chi connectivity index (χ2n) is 5.53. The van der Waals surface area contributed by atoms with Gasteiger partial charge in [-0.05, 0) is 19.4 Å². The minimum atomic E-state index is -0.319. The van der Waals surface area contributed by atoms with Crippen LogP contribution in [0.15, 0.2) is 30.3 Å². The predicted octanol–water partition coefficient (Wildman–Crippen LogP) is 2.60. The zero-order chi connectivity index (χ0) is 16.8. The number of nitrogens with two attached hydrogens (primary N) is 1. The third kappa shape index (κ3) is 5.06. The highest BCUT2D eigenvalue weighted by Gasteiger charge is 2.16. The number of amides is 1. The summed E-state index contributed by atoms with van der Waals surface area (Å²) in [6, 6.07) is 9.30. The Labute approximate surface area is 148 Å². The van der Waals surface area contributed by atoms with Crippen LogP contribution in [0.5, 0.6) is 0 Å². The Bertz CT molecular complexity index is 658. The molecule has 6 nitrogen and oxygen atoms in total. The highest BCUT2D eigenvalue weighted by molar-refractivity contribution is 5.92. The number of rotatable bonds is 7. The van der Waals surface area contributed by atoms with Crippen molar-refractivity contribution >= 4 is 24.0 Å². The molecule has 1 unspecified atom stereocenters. The van der Waals surface area contributed by atoms with E-state index in [2.05, 4.69) is 10.4 Å². The molecule has 0 radical (unpaired) electrons. The van der Waals surface area contributed by atoms with Crippen LogP contribution >= 0.6 is 12.4 Å². The molecule has 24 heavy (non-hydrogen) atoms. The van der Waals surface area contributed by atoms with E-state index < -0.39 is 0 Å². The third-order valence-corrected chi connectivity index (χ3v) is 3.79. The Kier molecular flexibility index (Phi) is 7.91. The predicted molar refractivity (Wildman–Crippen MR) is 97.4 cm³/mol. The summed E-state index contributed by atoms with van der Waals surface area (Å²) in [5.41, 5.74) is 9.51. The van der Waals surface area contributed by atoms with Gasteiger partial charge >= 0.3 is 0 Å². The lowest BCUT2D eigenvalue weighted by Crippen LogP contribution is -2.21. The lowest BCUT2D eigenvalue weighted by molar-refractivity contribution is -0.116. The Morgan fingerprint density at radius 3 is 2.62 bits per heavy atom. The molecule has 3 N–H and O–H groups in total. The highest BCUT2D eigenvalue weighted by atomic mass is 35.5. The summed E-state index contributed by atoms with van der Waals surface area (Å²) < 4.78 is 6.91. The molecule has 1 aromatic heterocycles. The van der Waals surface area contributed by atoms with Gasteiger partial charge in [0.1, 0.15) is 0 Å². The standard InChI is InChI=1S/C17H24N4O2.ClH/c1-12-17(13(2)21(20-12)9-10-23-3)19-16(22)11-15(18)14-7-5-4-6-8-14;/h4-8,15H,9-11,18H2,1-3H3,(H,19,22);1H. The lowest BCUT2D eigenvalue weighted by atomic mass is 10.0. The summed E-state index contributed by atoms with van der Waals surface area (Å²) in [6.45, 7) is 5.04. The van der Waals surface area contributed by atoms with Crippen molar-refractivity contribution in [2.45, 2.75) is 32.9 Å². The molecule has 0 aliphatic heterocycles. The second-order valence-corrected chi connectivity index (χ2v) is 5.53. The summed E-state index contributed by atoms with van der Waals surface area (Å²) in [4.78, 5) is 12.3. The summed E-state index contributed by atoms with van der Waals surface area (Å²) in [7, 11) is 1.65. The van der Waals surface area contributed by atoms with Gasteiger partial charge < -0.3 is 15.8 Å². The molecule has 0 spiro atoms. The first-order valence-electron chi connectivity index (χ1n) is 7.66. The number of carbonyl (C=O) groups is 1. The van der Waals surface area contributed by atoms with Crippen LogP contribution in [0.3, 0.4) is 0 Å². The van der Waals surface area contributed by atoms with Gasteiger partial charge in [0.05, 0.1) is 30.2 Å². The van der Waals surface area contributed by atoms with Crippen molar-refractivity contribution in [2.24, 2.45) is 5.73 Å². The van der Waals surface area contributed by atoms with Crippen molar-refractivity contribution in [1.29, 1.82) is 0 Å². The van der Waals surface area contributed by atoms with Gasteiger partial charge in [0.25, 0.3) is 0 Å². The molecule has 0 fully saturated rings. The summed E-state index contributed by atoms with van der Waals surface area (Å²) in [6.07, 6.45) is 0.228. The molecule has 0 bridgehead atoms. The third-order valence-electron chi connectivity index (χ3n) is 3.79. The first-order chi connectivity index (χ1) is 11.0. The number of hydrogen-bond acceptors (Lipinski definition) is 4. The van der Waals surface area contributed by atoms with E-state index in [9.17, 15) is 4.79 Å². The smallest absolute Gasteiger partial charge is 0.226 e. The molecule has 132 valence electrons. The fraction of sp³-hybridized carbons (Fsp3) is 0.412. The van der Waals surface area contributed by atoms with Crippen LogP contribution < -0.4 is 11.1 Å². The summed E-state index contributed by atoms with van der Waals surface area (Å²) in [5, 5.41) is 7.36. The molecule has 1 amide bonds. The van der Waals surface area contributed by atoms with Gasteiger partial charge in [-0.3, -0.25) is 9.48 Å². The lowest BCUT2D eigenvalue weighted by Gasteiger charge is -2.12. The van der Waals surface area contributed by atoms with Crippen LogP contribution in [-0.2, 0) is 16.1 Å². The maximum atomic E-state index is 12.3.